The van der Waals surface area contributed by atoms with Crippen molar-refractivity contribution in [1.82, 2.24) is 4.90 Å². The Balaban J connectivity index is 1.67. The van der Waals surface area contributed by atoms with Gasteiger partial charge in [0, 0.05) is 11.8 Å². The SMILES string of the molecule is COc1ccc(CN2C(=O)C34CC(C=O)CC3(CC(C=O)C4)C2=O)cc1. The van der Waals surface area contributed by atoms with Gasteiger partial charge in [0.15, 0.2) is 0 Å². The van der Waals surface area contributed by atoms with Gasteiger partial charge in [-0.1, -0.05) is 12.1 Å². The predicted molar refractivity (Wildman–Crippen MR) is 91.0 cm³/mol. The Hall–Kier alpha value is -2.50. The molecule has 3 aliphatic rings. The van der Waals surface area contributed by atoms with Crippen molar-refractivity contribution in [2.75, 3.05) is 7.11 Å². The number of benzene rings is 1. The number of carbonyl (C=O) groups excluding carboxylic acids is 4. The molecule has 1 aromatic rings. The van der Waals surface area contributed by atoms with Crippen LogP contribution in [0.15, 0.2) is 24.3 Å². The number of nitrogens with zero attached hydrogens (tertiary/aromatic N) is 1. The summed E-state index contributed by atoms with van der Waals surface area (Å²) in [5, 5.41) is 0. The molecule has 3 fully saturated rings. The number of hydrogen-bond acceptors (Lipinski definition) is 5. The fourth-order valence-corrected chi connectivity index (χ4v) is 5.50. The Morgan fingerprint density at radius 2 is 1.42 bits per heavy atom. The average molecular weight is 355 g/mol. The zero-order valence-electron chi connectivity index (χ0n) is 14.6. The summed E-state index contributed by atoms with van der Waals surface area (Å²) in [5.41, 5.74) is -0.918. The molecule has 0 spiro atoms. The molecule has 2 saturated carbocycles. The van der Waals surface area contributed by atoms with Crippen molar-refractivity contribution >= 4 is 24.4 Å². The molecule has 0 aromatic heterocycles. The number of ether oxygens (including phenoxy) is 1. The van der Waals surface area contributed by atoms with E-state index in [9.17, 15) is 19.2 Å². The van der Waals surface area contributed by atoms with Gasteiger partial charge in [-0.05, 0) is 43.4 Å². The summed E-state index contributed by atoms with van der Waals surface area (Å²) < 4.78 is 5.14. The van der Waals surface area contributed by atoms with Crippen molar-refractivity contribution in [2.24, 2.45) is 22.7 Å². The maximum absolute atomic E-state index is 13.3. The largest absolute Gasteiger partial charge is 0.497 e. The van der Waals surface area contributed by atoms with Crippen LogP contribution in [0.4, 0.5) is 0 Å². The third-order valence-electron chi connectivity index (χ3n) is 6.55. The topological polar surface area (TPSA) is 80.8 Å². The Labute approximate surface area is 151 Å². The van der Waals surface area contributed by atoms with Crippen molar-refractivity contribution < 1.29 is 23.9 Å². The lowest BCUT2D eigenvalue weighted by atomic mass is 9.70. The van der Waals surface area contributed by atoms with Gasteiger partial charge >= 0.3 is 0 Å². The number of imide groups is 1. The summed E-state index contributed by atoms with van der Waals surface area (Å²) in [4.78, 5) is 50.6. The first-order valence-electron chi connectivity index (χ1n) is 8.89. The predicted octanol–water partition coefficient (Wildman–Crippen LogP) is 1.75. The molecule has 1 aliphatic heterocycles. The van der Waals surface area contributed by atoms with Crippen LogP contribution < -0.4 is 4.74 Å². The summed E-state index contributed by atoms with van der Waals surface area (Å²) in [6, 6.07) is 7.26. The van der Waals surface area contributed by atoms with Crippen LogP contribution in [0.3, 0.4) is 0 Å². The van der Waals surface area contributed by atoms with Crippen LogP contribution in [-0.4, -0.2) is 36.4 Å². The van der Waals surface area contributed by atoms with Gasteiger partial charge in [0.25, 0.3) is 0 Å². The van der Waals surface area contributed by atoms with Gasteiger partial charge in [0.2, 0.25) is 11.8 Å². The Kier molecular flexibility index (Phi) is 3.75. The number of likely N-dealkylation sites (tertiary alicyclic amines) is 1. The van der Waals surface area contributed by atoms with E-state index in [2.05, 4.69) is 0 Å². The van der Waals surface area contributed by atoms with Crippen molar-refractivity contribution in [2.45, 2.75) is 32.2 Å². The van der Waals surface area contributed by atoms with Gasteiger partial charge in [-0.15, -0.1) is 0 Å². The molecule has 136 valence electrons. The number of rotatable bonds is 5. The van der Waals surface area contributed by atoms with Crippen molar-refractivity contribution in [3.05, 3.63) is 29.8 Å². The van der Waals surface area contributed by atoms with Crippen LogP contribution in [-0.2, 0) is 25.7 Å². The number of carbonyl (C=O) groups is 4. The molecule has 0 bridgehead atoms. The van der Waals surface area contributed by atoms with Crippen LogP contribution in [0, 0.1) is 22.7 Å². The average Bonchev–Trinajstić information content (AvgIpc) is 3.20. The van der Waals surface area contributed by atoms with E-state index in [1.54, 1.807) is 19.2 Å². The molecular formula is C20H21NO5. The molecule has 0 unspecified atom stereocenters. The summed E-state index contributed by atoms with van der Waals surface area (Å²) in [6.45, 7) is 0.211. The highest BCUT2D eigenvalue weighted by Gasteiger charge is 2.76. The lowest BCUT2D eigenvalue weighted by Crippen LogP contribution is -2.36. The minimum Gasteiger partial charge on any atom is -0.497 e. The second-order valence-corrected chi connectivity index (χ2v) is 7.82. The van der Waals surface area contributed by atoms with Crippen molar-refractivity contribution in [1.29, 1.82) is 0 Å². The highest BCUT2D eigenvalue weighted by molar-refractivity contribution is 6.11. The van der Waals surface area contributed by atoms with Crippen LogP contribution in [0.2, 0.25) is 0 Å². The molecule has 1 saturated heterocycles. The van der Waals surface area contributed by atoms with E-state index in [0.717, 1.165) is 18.1 Å². The Morgan fingerprint density at radius 1 is 0.962 bits per heavy atom. The first-order valence-corrected chi connectivity index (χ1v) is 8.89. The zero-order chi connectivity index (χ0) is 18.5. The van der Waals surface area contributed by atoms with Gasteiger partial charge in [-0.25, -0.2) is 0 Å². The van der Waals surface area contributed by atoms with Gasteiger partial charge in [-0.3, -0.25) is 14.5 Å². The second kappa shape index (κ2) is 5.76. The van der Waals surface area contributed by atoms with E-state index in [1.165, 1.54) is 4.90 Å². The fraction of sp³-hybridized carbons (Fsp3) is 0.500. The van der Waals surface area contributed by atoms with Gasteiger partial charge < -0.3 is 14.3 Å². The molecular weight excluding hydrogens is 334 g/mol. The van der Waals surface area contributed by atoms with Gasteiger partial charge in [-0.2, -0.15) is 0 Å². The first-order chi connectivity index (χ1) is 12.5. The molecule has 26 heavy (non-hydrogen) atoms. The molecule has 1 heterocycles. The first kappa shape index (κ1) is 16.9. The van der Waals surface area contributed by atoms with E-state index < -0.39 is 10.8 Å². The lowest BCUT2D eigenvalue weighted by Gasteiger charge is -2.27. The standard InChI is InChI=1S/C20H21NO5/c1-26-16-4-2-13(3-5-16)10-21-17(24)19-6-14(11-22)7-20(19,18(21)25)9-15(8-19)12-23/h2-5,11-12,14-15H,6-10H2,1H3. The summed E-state index contributed by atoms with van der Waals surface area (Å²) in [5.74, 6) is -0.280. The third-order valence-corrected chi connectivity index (χ3v) is 6.55. The Morgan fingerprint density at radius 3 is 1.81 bits per heavy atom. The maximum atomic E-state index is 13.3. The van der Waals surface area contributed by atoms with Crippen LogP contribution in [0.1, 0.15) is 31.2 Å². The van der Waals surface area contributed by atoms with E-state index in [1.807, 2.05) is 12.1 Å². The molecule has 2 amide bonds. The molecule has 0 radical (unpaired) electrons. The van der Waals surface area contributed by atoms with Gasteiger partial charge in [0.05, 0.1) is 24.5 Å². The van der Waals surface area contributed by atoms with E-state index in [4.69, 9.17) is 4.74 Å². The normalized spacial score (nSPS) is 35.3. The van der Waals surface area contributed by atoms with Crippen molar-refractivity contribution in [3.8, 4) is 5.75 Å². The van der Waals surface area contributed by atoms with Gasteiger partial charge in [0.1, 0.15) is 18.3 Å². The lowest BCUT2D eigenvalue weighted by molar-refractivity contribution is -0.144. The molecule has 2 aliphatic carbocycles. The molecule has 0 atom stereocenters. The van der Waals surface area contributed by atoms with E-state index in [-0.39, 0.29) is 30.2 Å². The maximum Gasteiger partial charge on any atom is 0.236 e. The van der Waals surface area contributed by atoms with Crippen LogP contribution >= 0.6 is 0 Å². The highest BCUT2D eigenvalue weighted by Crippen LogP contribution is 2.70. The monoisotopic (exact) mass is 355 g/mol. The number of amides is 2. The summed E-state index contributed by atoms with van der Waals surface area (Å²) >= 11 is 0. The number of hydrogen-bond donors (Lipinski definition) is 0. The second-order valence-electron chi connectivity index (χ2n) is 7.82. The minimum absolute atomic E-state index is 0.211. The molecule has 4 rings (SSSR count). The van der Waals surface area contributed by atoms with Crippen molar-refractivity contribution in [3.63, 3.8) is 0 Å². The summed E-state index contributed by atoms with van der Waals surface area (Å²) in [6.07, 6.45) is 3.24. The van der Waals surface area contributed by atoms with Crippen LogP contribution in [0.5, 0.6) is 5.75 Å². The Bertz CT molecular complexity index is 730. The number of aldehydes is 2. The molecule has 6 nitrogen and oxygen atoms in total. The fourth-order valence-electron chi connectivity index (χ4n) is 5.50. The summed E-state index contributed by atoms with van der Waals surface area (Å²) in [7, 11) is 1.58. The van der Waals surface area contributed by atoms with E-state index >= 15 is 0 Å². The smallest absolute Gasteiger partial charge is 0.236 e. The number of methoxy groups -OCH3 is 1. The quantitative estimate of drug-likeness (QED) is 0.594. The molecule has 0 N–H and O–H groups in total. The van der Waals surface area contributed by atoms with E-state index in [0.29, 0.717) is 31.4 Å². The minimum atomic E-state index is -0.881. The zero-order valence-corrected chi connectivity index (χ0v) is 14.6. The molecule has 6 heteroatoms. The van der Waals surface area contributed by atoms with Crippen LogP contribution in [0.25, 0.3) is 0 Å². The third kappa shape index (κ3) is 2.04. The molecule has 1 aromatic carbocycles. The highest BCUT2D eigenvalue weighted by atomic mass is 16.5.